The molecule has 0 saturated heterocycles. The number of amides is 1. The number of carbonyl (C=O) groups excluding carboxylic acids is 1. The fourth-order valence-electron chi connectivity index (χ4n) is 3.59. The molecular weight excluding hydrogens is 393 g/mol. The van der Waals surface area contributed by atoms with Crippen LogP contribution in [-0.2, 0) is 11.3 Å². The van der Waals surface area contributed by atoms with Gasteiger partial charge in [-0.2, -0.15) is 5.10 Å². The molecule has 154 valence electrons. The van der Waals surface area contributed by atoms with Crippen LogP contribution in [0.25, 0.3) is 11.0 Å². The number of carbonyl (C=O) groups is 1. The normalized spacial score (nSPS) is 15.8. The molecule has 2 aromatic carbocycles. The first-order valence-corrected chi connectivity index (χ1v) is 9.52. The summed E-state index contributed by atoms with van der Waals surface area (Å²) in [6.07, 6.45) is 4.53. The van der Waals surface area contributed by atoms with E-state index >= 15 is 0 Å². The van der Waals surface area contributed by atoms with E-state index in [1.807, 2.05) is 4.57 Å². The summed E-state index contributed by atoms with van der Waals surface area (Å²) < 4.78 is 42.5. The summed E-state index contributed by atoms with van der Waals surface area (Å²) >= 11 is 0. The summed E-state index contributed by atoms with van der Waals surface area (Å²) in [5, 5.41) is 5.30. The zero-order valence-corrected chi connectivity index (χ0v) is 16.1. The van der Waals surface area contributed by atoms with Crippen molar-refractivity contribution in [1.82, 2.24) is 14.6 Å². The van der Waals surface area contributed by atoms with Crippen molar-refractivity contribution in [2.24, 2.45) is 5.10 Å². The Morgan fingerprint density at radius 2 is 1.87 bits per heavy atom. The lowest BCUT2D eigenvalue weighted by molar-refractivity contribution is -0.129. The molecule has 5 nitrogen and oxygen atoms in total. The summed E-state index contributed by atoms with van der Waals surface area (Å²) in [6, 6.07) is 7.02. The number of nitrogens with zero attached hydrogens (tertiary/aromatic N) is 4. The molecule has 4 rings (SSSR count). The highest BCUT2D eigenvalue weighted by Crippen LogP contribution is 2.31. The molecule has 0 spiro atoms. The van der Waals surface area contributed by atoms with Crippen LogP contribution in [0.1, 0.15) is 30.9 Å². The SMILES string of the molecule is C=C(CCCn1cnc2ccc(F)cc21)C(=O)N1N=CCC1c1cc(F)cc(F)c1. The van der Waals surface area contributed by atoms with Gasteiger partial charge in [-0.05, 0) is 48.7 Å². The van der Waals surface area contributed by atoms with Gasteiger partial charge < -0.3 is 4.57 Å². The smallest absolute Gasteiger partial charge is 0.269 e. The standard InChI is InChI=1S/C22H19F3N4O/c1-14(3-2-8-28-13-26-19-5-4-16(23)12-21(19)28)22(30)29-20(6-7-27-29)15-9-17(24)11-18(25)10-15/h4-5,7,9-13,20H,1-3,6,8H2. The van der Waals surface area contributed by atoms with Crippen molar-refractivity contribution < 1.29 is 18.0 Å². The Morgan fingerprint density at radius 3 is 2.63 bits per heavy atom. The fraction of sp³-hybridized carbons (Fsp3) is 0.227. The quantitative estimate of drug-likeness (QED) is 0.549. The first-order valence-electron chi connectivity index (χ1n) is 9.52. The van der Waals surface area contributed by atoms with Gasteiger partial charge in [-0.1, -0.05) is 6.58 Å². The predicted octanol–water partition coefficient (Wildman–Crippen LogP) is 4.75. The maximum Gasteiger partial charge on any atom is 0.269 e. The van der Waals surface area contributed by atoms with Crippen molar-refractivity contribution >= 4 is 23.2 Å². The summed E-state index contributed by atoms with van der Waals surface area (Å²) in [7, 11) is 0. The Bertz CT molecular complexity index is 1130. The fourth-order valence-corrected chi connectivity index (χ4v) is 3.59. The highest BCUT2D eigenvalue weighted by Gasteiger charge is 2.30. The van der Waals surface area contributed by atoms with Crippen molar-refractivity contribution in [2.45, 2.75) is 31.8 Å². The third kappa shape index (κ3) is 3.98. The number of fused-ring (bicyclic) bond motifs is 1. The van der Waals surface area contributed by atoms with Gasteiger partial charge in [0.15, 0.2) is 0 Å². The number of aryl methyl sites for hydroxylation is 1. The summed E-state index contributed by atoms with van der Waals surface area (Å²) in [5.74, 6) is -2.13. The maximum atomic E-state index is 13.6. The summed E-state index contributed by atoms with van der Waals surface area (Å²) in [4.78, 5) is 17.0. The lowest BCUT2D eigenvalue weighted by Gasteiger charge is -2.23. The molecule has 0 radical (unpaired) electrons. The molecule has 1 unspecified atom stereocenters. The summed E-state index contributed by atoms with van der Waals surface area (Å²) in [5.41, 5.74) is 2.07. The molecular formula is C22H19F3N4O. The van der Waals surface area contributed by atoms with Gasteiger partial charge in [0.2, 0.25) is 0 Å². The van der Waals surface area contributed by atoms with Gasteiger partial charge in [0.1, 0.15) is 17.5 Å². The van der Waals surface area contributed by atoms with Crippen LogP contribution in [0.4, 0.5) is 13.2 Å². The van der Waals surface area contributed by atoms with Crippen molar-refractivity contribution in [2.75, 3.05) is 0 Å². The molecule has 1 aliphatic rings. The first kappa shape index (κ1) is 19.9. The molecule has 0 bridgehead atoms. The van der Waals surface area contributed by atoms with Gasteiger partial charge >= 0.3 is 0 Å². The monoisotopic (exact) mass is 412 g/mol. The Balaban J connectivity index is 1.39. The van der Waals surface area contributed by atoms with E-state index < -0.39 is 17.7 Å². The van der Waals surface area contributed by atoms with Crippen LogP contribution >= 0.6 is 0 Å². The second-order valence-corrected chi connectivity index (χ2v) is 7.18. The van der Waals surface area contributed by atoms with E-state index in [9.17, 15) is 18.0 Å². The molecule has 1 aromatic heterocycles. The van der Waals surface area contributed by atoms with Gasteiger partial charge in [-0.3, -0.25) is 4.79 Å². The van der Waals surface area contributed by atoms with Gasteiger partial charge in [0.25, 0.3) is 5.91 Å². The third-order valence-electron chi connectivity index (χ3n) is 5.07. The first-order chi connectivity index (χ1) is 14.4. The van der Waals surface area contributed by atoms with Crippen LogP contribution in [0.15, 0.2) is 60.0 Å². The molecule has 0 saturated carbocycles. The average molecular weight is 412 g/mol. The zero-order chi connectivity index (χ0) is 21.3. The molecule has 8 heteroatoms. The second-order valence-electron chi connectivity index (χ2n) is 7.18. The lowest BCUT2D eigenvalue weighted by atomic mass is 10.0. The molecule has 2 heterocycles. The Morgan fingerprint density at radius 1 is 1.10 bits per heavy atom. The highest BCUT2D eigenvalue weighted by molar-refractivity contribution is 5.94. The van der Waals surface area contributed by atoms with Crippen LogP contribution in [0.3, 0.4) is 0 Å². The van der Waals surface area contributed by atoms with Crippen molar-refractivity contribution in [1.29, 1.82) is 0 Å². The van der Waals surface area contributed by atoms with E-state index in [2.05, 4.69) is 16.7 Å². The van der Waals surface area contributed by atoms with Crippen LogP contribution in [0.2, 0.25) is 0 Å². The Labute approximate surface area is 171 Å². The van der Waals surface area contributed by atoms with Gasteiger partial charge in [0.05, 0.1) is 23.4 Å². The maximum absolute atomic E-state index is 13.6. The molecule has 1 aliphatic heterocycles. The molecule has 1 amide bonds. The number of benzene rings is 2. The molecule has 0 aliphatic carbocycles. The number of hydrogen-bond acceptors (Lipinski definition) is 3. The van der Waals surface area contributed by atoms with Crippen molar-refractivity contribution in [3.05, 3.63) is 77.9 Å². The van der Waals surface area contributed by atoms with E-state index in [0.717, 1.165) is 6.07 Å². The molecule has 0 N–H and O–H groups in total. The molecule has 0 fully saturated rings. The highest BCUT2D eigenvalue weighted by atomic mass is 19.1. The minimum atomic E-state index is -0.702. The largest absolute Gasteiger partial charge is 0.331 e. The number of hydrogen-bond donors (Lipinski definition) is 0. The van der Waals surface area contributed by atoms with Crippen molar-refractivity contribution in [3.8, 4) is 0 Å². The predicted molar refractivity (Wildman–Crippen MR) is 107 cm³/mol. The Kier molecular flexibility index (Phi) is 5.39. The van der Waals surface area contributed by atoms with Crippen LogP contribution in [-0.4, -0.2) is 26.7 Å². The van der Waals surface area contributed by atoms with Crippen LogP contribution in [0, 0.1) is 17.5 Å². The number of halogens is 3. The minimum absolute atomic E-state index is 0.337. The van der Waals surface area contributed by atoms with Gasteiger partial charge in [0, 0.05) is 30.8 Å². The average Bonchev–Trinajstić information content (AvgIpc) is 3.34. The molecule has 30 heavy (non-hydrogen) atoms. The van der Waals surface area contributed by atoms with Crippen LogP contribution < -0.4 is 0 Å². The third-order valence-corrected chi connectivity index (χ3v) is 5.07. The summed E-state index contributed by atoms with van der Waals surface area (Å²) in [6.45, 7) is 4.40. The number of hydrazone groups is 1. The second kappa shape index (κ2) is 8.14. The molecule has 3 aromatic rings. The van der Waals surface area contributed by atoms with E-state index in [1.165, 1.54) is 29.3 Å². The zero-order valence-electron chi connectivity index (χ0n) is 16.1. The number of rotatable bonds is 6. The van der Waals surface area contributed by atoms with E-state index in [4.69, 9.17) is 0 Å². The van der Waals surface area contributed by atoms with E-state index in [0.29, 0.717) is 48.0 Å². The van der Waals surface area contributed by atoms with E-state index in [-0.39, 0.29) is 11.7 Å². The lowest BCUT2D eigenvalue weighted by Crippen LogP contribution is -2.28. The minimum Gasteiger partial charge on any atom is -0.331 e. The van der Waals surface area contributed by atoms with Gasteiger partial charge in [-0.15, -0.1) is 0 Å². The van der Waals surface area contributed by atoms with E-state index in [1.54, 1.807) is 18.6 Å². The number of imidazole rings is 1. The van der Waals surface area contributed by atoms with Gasteiger partial charge in [-0.25, -0.2) is 23.2 Å². The van der Waals surface area contributed by atoms with Crippen molar-refractivity contribution in [3.63, 3.8) is 0 Å². The number of aromatic nitrogens is 2. The Hall–Kier alpha value is -3.42. The topological polar surface area (TPSA) is 50.5 Å². The molecule has 1 atom stereocenters. The van der Waals surface area contributed by atoms with Crippen LogP contribution in [0.5, 0.6) is 0 Å².